The molecule has 1 spiro atoms. The lowest BCUT2D eigenvalue weighted by atomic mass is 9.70. The summed E-state index contributed by atoms with van der Waals surface area (Å²) in [5.41, 5.74) is 15.2. The number of H-pyrrole nitrogens is 2. The van der Waals surface area contributed by atoms with Gasteiger partial charge in [0.1, 0.15) is 0 Å². The van der Waals surface area contributed by atoms with E-state index in [9.17, 15) is 0 Å². The van der Waals surface area contributed by atoms with Crippen molar-refractivity contribution in [2.45, 2.75) is 5.41 Å². The lowest BCUT2D eigenvalue weighted by molar-refractivity contribution is 0.795. The molecule has 2 nitrogen and oxygen atoms in total. The van der Waals surface area contributed by atoms with Gasteiger partial charge in [0.25, 0.3) is 0 Å². The molecule has 0 unspecified atom stereocenters. The van der Waals surface area contributed by atoms with E-state index in [4.69, 9.17) is 0 Å². The molecule has 2 aromatic heterocycles. The van der Waals surface area contributed by atoms with Gasteiger partial charge < -0.3 is 9.97 Å². The quantitative estimate of drug-likeness (QED) is 0.210. The fourth-order valence-electron chi connectivity index (χ4n) is 7.94. The van der Waals surface area contributed by atoms with Crippen molar-refractivity contribution >= 4 is 43.6 Å². The van der Waals surface area contributed by atoms with Gasteiger partial charge in [-0.1, -0.05) is 109 Å². The van der Waals surface area contributed by atoms with Crippen molar-refractivity contribution in [2.24, 2.45) is 0 Å². The minimum Gasteiger partial charge on any atom is -0.354 e. The maximum Gasteiger partial charge on any atom is 0.0727 e. The number of rotatable bonds is 0. The largest absolute Gasteiger partial charge is 0.354 e. The summed E-state index contributed by atoms with van der Waals surface area (Å²) in [6.07, 6.45) is 0. The SMILES string of the molecule is c1ccc2c(c1)-c1ccccc1C21c2ccc3c([nH]c4ccccc43)c2-c2c1ccc1c2[nH]c2ccccc21. The highest BCUT2D eigenvalue weighted by Crippen LogP contribution is 2.64. The predicted molar refractivity (Wildman–Crippen MR) is 161 cm³/mol. The van der Waals surface area contributed by atoms with Crippen LogP contribution in [-0.4, -0.2) is 9.97 Å². The first kappa shape index (κ1) is 20.0. The molecule has 0 aliphatic heterocycles. The summed E-state index contributed by atoms with van der Waals surface area (Å²) in [4.78, 5) is 7.72. The van der Waals surface area contributed by atoms with Gasteiger partial charge in [-0.25, -0.2) is 0 Å². The third-order valence-corrected chi connectivity index (χ3v) is 9.37. The molecule has 2 aliphatic carbocycles. The second kappa shape index (κ2) is 6.67. The molecule has 2 N–H and O–H groups in total. The van der Waals surface area contributed by atoms with Crippen LogP contribution in [0.4, 0.5) is 0 Å². The molecule has 0 fully saturated rings. The van der Waals surface area contributed by atoms with Crippen molar-refractivity contribution in [3.05, 3.63) is 144 Å². The van der Waals surface area contributed by atoms with Crippen molar-refractivity contribution in [1.82, 2.24) is 9.97 Å². The van der Waals surface area contributed by atoms with Gasteiger partial charge in [0.15, 0.2) is 0 Å². The van der Waals surface area contributed by atoms with Crippen LogP contribution < -0.4 is 0 Å². The summed E-state index contributed by atoms with van der Waals surface area (Å²) >= 11 is 0. The molecule has 0 bridgehead atoms. The number of hydrogen-bond donors (Lipinski definition) is 2. The van der Waals surface area contributed by atoms with E-state index < -0.39 is 0 Å². The average Bonchev–Trinajstić information content (AvgIpc) is 3.71. The predicted octanol–water partition coefficient (Wildman–Crippen LogP) is 9.30. The summed E-state index contributed by atoms with van der Waals surface area (Å²) < 4.78 is 0. The van der Waals surface area contributed by atoms with Gasteiger partial charge in [0, 0.05) is 43.7 Å². The Morgan fingerprint density at radius 1 is 0.359 bits per heavy atom. The lowest BCUT2D eigenvalue weighted by Gasteiger charge is -2.30. The van der Waals surface area contributed by atoms with Gasteiger partial charge in [0.2, 0.25) is 0 Å². The Hall–Kier alpha value is -5.08. The Kier molecular flexibility index (Phi) is 3.41. The molecule has 180 valence electrons. The van der Waals surface area contributed by atoms with E-state index in [2.05, 4.69) is 131 Å². The average molecular weight is 495 g/mol. The Bertz CT molecular complexity index is 2180. The number of aromatic amines is 2. The smallest absolute Gasteiger partial charge is 0.0727 e. The minimum absolute atomic E-state index is 0.366. The highest BCUT2D eigenvalue weighted by Gasteiger charge is 2.52. The molecular weight excluding hydrogens is 472 g/mol. The third kappa shape index (κ3) is 2.15. The number of hydrogen-bond acceptors (Lipinski definition) is 0. The molecule has 2 aliphatic rings. The van der Waals surface area contributed by atoms with Crippen LogP contribution >= 0.6 is 0 Å². The van der Waals surface area contributed by atoms with Crippen LogP contribution in [0.1, 0.15) is 22.3 Å². The molecule has 8 aromatic rings. The van der Waals surface area contributed by atoms with Crippen LogP contribution in [0.3, 0.4) is 0 Å². The maximum absolute atomic E-state index is 3.86. The van der Waals surface area contributed by atoms with Gasteiger partial charge in [-0.15, -0.1) is 0 Å². The zero-order chi connectivity index (χ0) is 25.3. The number of fused-ring (bicyclic) bond motifs is 18. The molecule has 0 radical (unpaired) electrons. The van der Waals surface area contributed by atoms with Crippen LogP contribution in [-0.2, 0) is 5.41 Å². The molecule has 10 rings (SSSR count). The van der Waals surface area contributed by atoms with Gasteiger partial charge in [0.05, 0.1) is 16.4 Å². The van der Waals surface area contributed by atoms with Crippen LogP contribution in [0.5, 0.6) is 0 Å². The van der Waals surface area contributed by atoms with Crippen molar-refractivity contribution in [1.29, 1.82) is 0 Å². The molecule has 0 atom stereocenters. The fraction of sp³-hybridized carbons (Fsp3) is 0.0270. The number of para-hydroxylation sites is 2. The third-order valence-electron chi connectivity index (χ3n) is 9.37. The van der Waals surface area contributed by atoms with E-state index in [0.29, 0.717) is 0 Å². The zero-order valence-electron chi connectivity index (χ0n) is 21.0. The lowest BCUT2D eigenvalue weighted by Crippen LogP contribution is -2.25. The molecule has 2 heterocycles. The summed E-state index contributed by atoms with van der Waals surface area (Å²) in [7, 11) is 0. The summed E-state index contributed by atoms with van der Waals surface area (Å²) in [5.74, 6) is 0. The van der Waals surface area contributed by atoms with E-state index in [1.54, 1.807) is 0 Å². The normalized spacial score (nSPS) is 14.4. The van der Waals surface area contributed by atoms with E-state index in [0.717, 1.165) is 0 Å². The van der Waals surface area contributed by atoms with Gasteiger partial charge in [-0.2, -0.15) is 0 Å². The summed E-state index contributed by atoms with van der Waals surface area (Å²) in [6.45, 7) is 0. The van der Waals surface area contributed by atoms with Crippen LogP contribution in [0, 0.1) is 0 Å². The first-order valence-electron chi connectivity index (χ1n) is 13.6. The van der Waals surface area contributed by atoms with E-state index in [1.165, 1.54) is 88.1 Å². The topological polar surface area (TPSA) is 31.6 Å². The fourth-order valence-corrected chi connectivity index (χ4v) is 7.94. The van der Waals surface area contributed by atoms with E-state index in [-0.39, 0.29) is 5.41 Å². The Morgan fingerprint density at radius 2 is 0.795 bits per heavy atom. The van der Waals surface area contributed by atoms with Gasteiger partial charge >= 0.3 is 0 Å². The van der Waals surface area contributed by atoms with Crippen molar-refractivity contribution in [2.75, 3.05) is 0 Å². The Labute approximate surface area is 224 Å². The Morgan fingerprint density at radius 3 is 1.31 bits per heavy atom. The second-order valence-electron chi connectivity index (χ2n) is 11.0. The number of benzene rings is 6. The van der Waals surface area contributed by atoms with E-state index in [1.807, 2.05) is 0 Å². The first-order valence-corrected chi connectivity index (χ1v) is 13.6. The minimum atomic E-state index is -0.366. The standard InChI is InChI=1S/C37H22N2/c1-5-13-27-21(9-1)22-10-2-6-14-28(22)37(27)29-19-17-25-23-11-3-7-15-31(23)38-35(25)33(29)34-30(37)20-18-26-24-12-4-8-16-32(24)39-36(26)34/h1-20,38-39H. The summed E-state index contributed by atoms with van der Waals surface area (Å²) in [6, 6.07) is 44.9. The Balaban J connectivity index is 1.49. The van der Waals surface area contributed by atoms with Crippen LogP contribution in [0.15, 0.2) is 121 Å². The molecular formula is C37H22N2. The molecule has 6 aromatic carbocycles. The van der Waals surface area contributed by atoms with Gasteiger partial charge in [-0.3, -0.25) is 0 Å². The monoisotopic (exact) mass is 494 g/mol. The molecule has 0 amide bonds. The second-order valence-corrected chi connectivity index (χ2v) is 11.0. The maximum atomic E-state index is 3.86. The zero-order valence-corrected chi connectivity index (χ0v) is 21.0. The molecule has 0 saturated heterocycles. The molecule has 2 heteroatoms. The van der Waals surface area contributed by atoms with Gasteiger partial charge in [-0.05, 0) is 45.5 Å². The number of nitrogens with one attached hydrogen (secondary N) is 2. The highest BCUT2D eigenvalue weighted by atomic mass is 14.7. The van der Waals surface area contributed by atoms with Crippen molar-refractivity contribution in [3.63, 3.8) is 0 Å². The summed E-state index contributed by atoms with van der Waals surface area (Å²) in [5, 5.41) is 5.10. The van der Waals surface area contributed by atoms with Crippen LogP contribution in [0.25, 0.3) is 65.9 Å². The van der Waals surface area contributed by atoms with E-state index >= 15 is 0 Å². The molecule has 0 saturated carbocycles. The van der Waals surface area contributed by atoms with Crippen molar-refractivity contribution < 1.29 is 0 Å². The number of aromatic nitrogens is 2. The highest BCUT2D eigenvalue weighted by molar-refractivity contribution is 6.21. The van der Waals surface area contributed by atoms with Crippen LogP contribution in [0.2, 0.25) is 0 Å². The molecule has 39 heavy (non-hydrogen) atoms. The first-order chi connectivity index (χ1) is 19.4. The van der Waals surface area contributed by atoms with Crippen molar-refractivity contribution in [3.8, 4) is 22.3 Å².